The van der Waals surface area contributed by atoms with Crippen molar-refractivity contribution < 1.29 is 0 Å². The average Bonchev–Trinajstić information content (AvgIpc) is 2.95. The Hall–Kier alpha value is -1.56. The normalized spacial score (nSPS) is 20.2. The Kier molecular flexibility index (Phi) is 6.66. The molecule has 6 nitrogen and oxygen atoms in total. The van der Waals surface area contributed by atoms with Crippen molar-refractivity contribution in [2.45, 2.75) is 52.6 Å². The Bertz CT molecular complexity index is 533. The number of rotatable bonds is 6. The molecular formula is C18H34N6. The number of nitrogens with one attached hydrogen (secondary N) is 2. The summed E-state index contributed by atoms with van der Waals surface area (Å²) in [5, 5.41) is 11.1. The predicted molar refractivity (Wildman–Crippen MR) is 100 cm³/mol. The van der Waals surface area contributed by atoms with Crippen LogP contribution in [0.15, 0.2) is 17.3 Å². The molecule has 0 aromatic carbocycles. The van der Waals surface area contributed by atoms with E-state index in [9.17, 15) is 0 Å². The first-order valence-corrected chi connectivity index (χ1v) is 9.16. The van der Waals surface area contributed by atoms with Gasteiger partial charge in [-0.25, -0.2) is 4.99 Å². The lowest BCUT2D eigenvalue weighted by molar-refractivity contribution is 0.0739. The summed E-state index contributed by atoms with van der Waals surface area (Å²) in [5.74, 6) is 1.67. The Morgan fingerprint density at radius 3 is 2.83 bits per heavy atom. The zero-order chi connectivity index (χ0) is 17.6. The van der Waals surface area contributed by atoms with Crippen molar-refractivity contribution in [2.24, 2.45) is 18.0 Å². The summed E-state index contributed by atoms with van der Waals surface area (Å²) in [6.45, 7) is 13.9. The van der Waals surface area contributed by atoms with Gasteiger partial charge in [0, 0.05) is 38.4 Å². The molecule has 1 aliphatic rings. The zero-order valence-electron chi connectivity index (χ0n) is 16.0. The molecule has 1 unspecified atom stereocenters. The standard InChI is InChI=1S/C18H34N6/c1-6-19-17(20-12-16-9-10-22-23(16)5)21-14-18(3,4)24-11-7-8-15(2)13-24/h9-10,15H,6-8,11-14H2,1-5H3,(H2,19,20,21). The van der Waals surface area contributed by atoms with Gasteiger partial charge in [0.1, 0.15) is 0 Å². The van der Waals surface area contributed by atoms with Crippen LogP contribution in [0.2, 0.25) is 0 Å². The van der Waals surface area contributed by atoms with Gasteiger partial charge in [0.25, 0.3) is 0 Å². The van der Waals surface area contributed by atoms with E-state index in [1.165, 1.54) is 25.9 Å². The fourth-order valence-electron chi connectivity index (χ4n) is 3.21. The van der Waals surface area contributed by atoms with Crippen LogP contribution in [0.3, 0.4) is 0 Å². The molecule has 0 amide bonds. The molecule has 2 N–H and O–H groups in total. The Balaban J connectivity index is 1.93. The molecule has 1 aliphatic heterocycles. The summed E-state index contributed by atoms with van der Waals surface area (Å²) in [4.78, 5) is 7.30. The predicted octanol–water partition coefficient (Wildman–Crippen LogP) is 1.99. The van der Waals surface area contributed by atoms with Crippen molar-refractivity contribution in [1.82, 2.24) is 25.3 Å². The number of hydrogen-bond donors (Lipinski definition) is 2. The van der Waals surface area contributed by atoms with Crippen molar-refractivity contribution in [3.63, 3.8) is 0 Å². The van der Waals surface area contributed by atoms with Crippen LogP contribution in [-0.4, -0.2) is 52.4 Å². The maximum absolute atomic E-state index is 4.69. The van der Waals surface area contributed by atoms with E-state index in [0.29, 0.717) is 6.54 Å². The second kappa shape index (κ2) is 8.51. The van der Waals surface area contributed by atoms with Gasteiger partial charge in [0.2, 0.25) is 0 Å². The summed E-state index contributed by atoms with van der Waals surface area (Å²) in [6.07, 6.45) is 4.47. The summed E-state index contributed by atoms with van der Waals surface area (Å²) in [7, 11) is 1.95. The number of piperidine rings is 1. The number of aliphatic imine (C=N–C) groups is 1. The van der Waals surface area contributed by atoms with Gasteiger partial charge in [-0.2, -0.15) is 5.10 Å². The minimum absolute atomic E-state index is 0.122. The van der Waals surface area contributed by atoms with E-state index in [1.54, 1.807) is 0 Å². The first-order chi connectivity index (χ1) is 11.4. The van der Waals surface area contributed by atoms with Gasteiger partial charge in [0.05, 0.1) is 12.2 Å². The van der Waals surface area contributed by atoms with Gasteiger partial charge < -0.3 is 10.6 Å². The summed E-state index contributed by atoms with van der Waals surface area (Å²) in [6, 6.07) is 2.01. The van der Waals surface area contributed by atoms with E-state index in [-0.39, 0.29) is 5.54 Å². The quantitative estimate of drug-likeness (QED) is 0.617. The summed E-state index contributed by atoms with van der Waals surface area (Å²) < 4.78 is 1.87. The molecule has 136 valence electrons. The number of likely N-dealkylation sites (tertiary alicyclic amines) is 1. The minimum Gasteiger partial charge on any atom is -0.357 e. The highest BCUT2D eigenvalue weighted by Gasteiger charge is 2.30. The highest BCUT2D eigenvalue weighted by atomic mass is 15.3. The molecule has 0 saturated carbocycles. The molecule has 2 rings (SSSR count). The van der Waals surface area contributed by atoms with Crippen LogP contribution in [0.4, 0.5) is 0 Å². The molecule has 1 saturated heterocycles. The van der Waals surface area contributed by atoms with Crippen LogP contribution in [0.1, 0.15) is 46.2 Å². The molecule has 6 heteroatoms. The van der Waals surface area contributed by atoms with Gasteiger partial charge in [-0.15, -0.1) is 0 Å². The fourth-order valence-corrected chi connectivity index (χ4v) is 3.21. The van der Waals surface area contributed by atoms with Gasteiger partial charge in [-0.05, 0) is 52.1 Å². The van der Waals surface area contributed by atoms with Crippen molar-refractivity contribution in [3.05, 3.63) is 18.0 Å². The molecule has 0 aliphatic carbocycles. The molecule has 1 fully saturated rings. The van der Waals surface area contributed by atoms with Gasteiger partial charge in [-0.3, -0.25) is 9.58 Å². The monoisotopic (exact) mass is 334 g/mol. The third-order valence-electron chi connectivity index (χ3n) is 4.87. The van der Waals surface area contributed by atoms with E-state index >= 15 is 0 Å². The molecular weight excluding hydrogens is 300 g/mol. The second-order valence-electron chi connectivity index (χ2n) is 7.50. The zero-order valence-corrected chi connectivity index (χ0v) is 16.0. The molecule has 2 heterocycles. The number of aryl methyl sites for hydroxylation is 1. The Morgan fingerprint density at radius 2 is 2.21 bits per heavy atom. The van der Waals surface area contributed by atoms with Crippen LogP contribution < -0.4 is 10.6 Å². The second-order valence-corrected chi connectivity index (χ2v) is 7.50. The summed E-state index contributed by atoms with van der Waals surface area (Å²) >= 11 is 0. The molecule has 0 radical (unpaired) electrons. The van der Waals surface area contributed by atoms with Gasteiger partial charge in [0.15, 0.2) is 5.96 Å². The number of hydrogen-bond acceptors (Lipinski definition) is 3. The van der Waals surface area contributed by atoms with Gasteiger partial charge in [-0.1, -0.05) is 6.92 Å². The van der Waals surface area contributed by atoms with E-state index in [4.69, 9.17) is 4.99 Å². The minimum atomic E-state index is 0.122. The van der Waals surface area contributed by atoms with E-state index < -0.39 is 0 Å². The lowest BCUT2D eigenvalue weighted by Gasteiger charge is -2.43. The highest BCUT2D eigenvalue weighted by molar-refractivity contribution is 5.79. The lowest BCUT2D eigenvalue weighted by Crippen LogP contribution is -2.56. The SMILES string of the molecule is CCNC(=NCc1ccnn1C)NCC(C)(C)N1CCCC(C)C1. The van der Waals surface area contributed by atoms with Crippen molar-refractivity contribution in [2.75, 3.05) is 26.2 Å². The van der Waals surface area contributed by atoms with Crippen LogP contribution in [0, 0.1) is 5.92 Å². The van der Waals surface area contributed by atoms with E-state index in [1.807, 2.05) is 24.0 Å². The third kappa shape index (κ3) is 5.23. The smallest absolute Gasteiger partial charge is 0.191 e. The van der Waals surface area contributed by atoms with E-state index in [0.717, 1.165) is 30.7 Å². The molecule has 1 aromatic rings. The average molecular weight is 335 g/mol. The van der Waals surface area contributed by atoms with Crippen LogP contribution in [0.25, 0.3) is 0 Å². The molecule has 1 aromatic heterocycles. The summed E-state index contributed by atoms with van der Waals surface area (Å²) in [5.41, 5.74) is 1.23. The highest BCUT2D eigenvalue weighted by Crippen LogP contribution is 2.23. The largest absolute Gasteiger partial charge is 0.357 e. The van der Waals surface area contributed by atoms with Crippen molar-refractivity contribution in [3.8, 4) is 0 Å². The van der Waals surface area contributed by atoms with Crippen LogP contribution in [-0.2, 0) is 13.6 Å². The maximum Gasteiger partial charge on any atom is 0.191 e. The van der Waals surface area contributed by atoms with Crippen LogP contribution in [0.5, 0.6) is 0 Å². The first kappa shape index (κ1) is 18.8. The molecule has 1 atom stereocenters. The Morgan fingerprint density at radius 1 is 1.42 bits per heavy atom. The number of nitrogens with zero attached hydrogens (tertiary/aromatic N) is 4. The lowest BCUT2D eigenvalue weighted by atomic mass is 9.93. The first-order valence-electron chi connectivity index (χ1n) is 9.16. The number of aromatic nitrogens is 2. The number of guanidine groups is 1. The molecule has 0 spiro atoms. The molecule has 24 heavy (non-hydrogen) atoms. The fraction of sp³-hybridized carbons (Fsp3) is 0.778. The third-order valence-corrected chi connectivity index (χ3v) is 4.87. The van der Waals surface area contributed by atoms with Crippen molar-refractivity contribution in [1.29, 1.82) is 0 Å². The van der Waals surface area contributed by atoms with Gasteiger partial charge >= 0.3 is 0 Å². The van der Waals surface area contributed by atoms with E-state index in [2.05, 4.69) is 48.3 Å². The van der Waals surface area contributed by atoms with Crippen molar-refractivity contribution >= 4 is 5.96 Å². The maximum atomic E-state index is 4.69. The molecule has 0 bridgehead atoms. The van der Waals surface area contributed by atoms with Crippen LogP contribution >= 0.6 is 0 Å². The Labute approximate surface area is 146 Å². The topological polar surface area (TPSA) is 57.5 Å².